The van der Waals surface area contributed by atoms with Gasteiger partial charge in [-0.3, -0.25) is 0 Å². The minimum absolute atomic E-state index is 0.468. The SMILES string of the molecule is COc1ccc(-c2noc(N3CCC4(C3)Oc3ccccc3O4)n2)cc1. The standard InChI is InChI=1S/C19H17N3O4/c1-23-14-8-6-13(7-9-14)17-20-18(26-21-17)22-11-10-19(12-22)24-15-4-2-3-5-16(15)25-19/h2-9H,10-12H2,1H3. The second-order valence-corrected chi connectivity index (χ2v) is 6.36. The maximum Gasteiger partial charge on any atom is 0.324 e. The van der Waals surface area contributed by atoms with Crippen molar-refractivity contribution >= 4 is 6.01 Å². The summed E-state index contributed by atoms with van der Waals surface area (Å²) in [5, 5.41) is 4.09. The largest absolute Gasteiger partial charge is 0.497 e. The molecular weight excluding hydrogens is 334 g/mol. The van der Waals surface area contributed by atoms with Crippen molar-refractivity contribution in [1.29, 1.82) is 0 Å². The van der Waals surface area contributed by atoms with E-state index in [4.69, 9.17) is 18.7 Å². The molecule has 1 fully saturated rings. The third-order valence-corrected chi connectivity index (χ3v) is 4.67. The fraction of sp³-hybridized carbons (Fsp3) is 0.263. The van der Waals surface area contributed by atoms with Crippen molar-refractivity contribution in [2.45, 2.75) is 12.2 Å². The average molecular weight is 351 g/mol. The number of hydrogen-bond acceptors (Lipinski definition) is 7. The summed E-state index contributed by atoms with van der Waals surface area (Å²) in [7, 11) is 1.64. The maximum absolute atomic E-state index is 6.06. The fourth-order valence-electron chi connectivity index (χ4n) is 3.33. The van der Waals surface area contributed by atoms with Crippen LogP contribution in [0.5, 0.6) is 17.2 Å². The van der Waals surface area contributed by atoms with Crippen molar-refractivity contribution in [1.82, 2.24) is 10.1 Å². The van der Waals surface area contributed by atoms with Crippen LogP contribution in [-0.2, 0) is 0 Å². The van der Waals surface area contributed by atoms with E-state index in [9.17, 15) is 0 Å². The normalized spacial score (nSPS) is 17.0. The molecule has 1 spiro atoms. The molecule has 0 saturated carbocycles. The monoisotopic (exact) mass is 351 g/mol. The molecule has 7 nitrogen and oxygen atoms in total. The highest BCUT2D eigenvalue weighted by Crippen LogP contribution is 2.43. The number of aromatic nitrogens is 2. The predicted molar refractivity (Wildman–Crippen MR) is 93.5 cm³/mol. The number of fused-ring (bicyclic) bond motifs is 1. The molecule has 0 amide bonds. The number of nitrogens with zero attached hydrogens (tertiary/aromatic N) is 3. The van der Waals surface area contributed by atoms with Crippen molar-refractivity contribution < 1.29 is 18.7 Å². The van der Waals surface area contributed by atoms with E-state index in [2.05, 4.69) is 10.1 Å². The van der Waals surface area contributed by atoms with E-state index in [0.717, 1.165) is 35.8 Å². The molecule has 2 aliphatic rings. The summed E-state index contributed by atoms with van der Waals surface area (Å²) in [4.78, 5) is 6.51. The van der Waals surface area contributed by atoms with Crippen LogP contribution < -0.4 is 19.1 Å². The molecule has 1 saturated heterocycles. The lowest BCUT2D eigenvalue weighted by Crippen LogP contribution is -2.41. The van der Waals surface area contributed by atoms with Gasteiger partial charge in [0.1, 0.15) is 5.75 Å². The van der Waals surface area contributed by atoms with E-state index < -0.39 is 5.79 Å². The molecule has 0 aliphatic carbocycles. The summed E-state index contributed by atoms with van der Waals surface area (Å²) < 4.78 is 22.7. The highest BCUT2D eigenvalue weighted by Gasteiger charge is 2.48. The first-order chi connectivity index (χ1) is 12.7. The maximum atomic E-state index is 6.06. The van der Waals surface area contributed by atoms with Gasteiger partial charge in [-0.25, -0.2) is 0 Å². The van der Waals surface area contributed by atoms with Gasteiger partial charge >= 0.3 is 6.01 Å². The van der Waals surface area contributed by atoms with Gasteiger partial charge in [-0.05, 0) is 36.4 Å². The fourth-order valence-corrected chi connectivity index (χ4v) is 3.33. The molecular formula is C19H17N3O4. The van der Waals surface area contributed by atoms with E-state index in [1.807, 2.05) is 53.4 Å². The summed E-state index contributed by atoms with van der Waals surface area (Å²) in [5.74, 6) is 2.20. The Kier molecular flexibility index (Phi) is 3.28. The van der Waals surface area contributed by atoms with Gasteiger partial charge in [-0.2, -0.15) is 4.98 Å². The Balaban J connectivity index is 1.34. The minimum atomic E-state index is -0.682. The van der Waals surface area contributed by atoms with Crippen molar-refractivity contribution in [3.8, 4) is 28.6 Å². The van der Waals surface area contributed by atoms with Crippen LogP contribution in [0.3, 0.4) is 0 Å². The lowest BCUT2D eigenvalue weighted by molar-refractivity contribution is -0.0579. The lowest BCUT2D eigenvalue weighted by Gasteiger charge is -2.22. The van der Waals surface area contributed by atoms with Crippen LogP contribution in [0, 0.1) is 0 Å². The molecule has 0 atom stereocenters. The zero-order chi connectivity index (χ0) is 17.6. The molecule has 0 bridgehead atoms. The molecule has 132 valence electrons. The first-order valence-corrected chi connectivity index (χ1v) is 8.45. The van der Waals surface area contributed by atoms with Crippen LogP contribution in [0.15, 0.2) is 53.1 Å². The lowest BCUT2D eigenvalue weighted by atomic mass is 10.2. The second-order valence-electron chi connectivity index (χ2n) is 6.36. The van der Waals surface area contributed by atoms with Crippen LogP contribution in [0.2, 0.25) is 0 Å². The van der Waals surface area contributed by atoms with Crippen LogP contribution in [0.1, 0.15) is 6.42 Å². The molecule has 3 heterocycles. The molecule has 0 N–H and O–H groups in total. The topological polar surface area (TPSA) is 69.9 Å². The highest BCUT2D eigenvalue weighted by molar-refractivity contribution is 5.57. The summed E-state index contributed by atoms with van der Waals surface area (Å²) >= 11 is 0. The van der Waals surface area contributed by atoms with E-state index in [-0.39, 0.29) is 0 Å². The van der Waals surface area contributed by atoms with Crippen molar-refractivity contribution in [2.24, 2.45) is 0 Å². The molecule has 2 aliphatic heterocycles. The van der Waals surface area contributed by atoms with Gasteiger partial charge in [-0.15, -0.1) is 0 Å². The molecule has 26 heavy (non-hydrogen) atoms. The molecule has 2 aromatic carbocycles. The average Bonchev–Trinajstić information content (AvgIpc) is 3.39. The number of methoxy groups -OCH3 is 1. The predicted octanol–water partition coefficient (Wildman–Crippen LogP) is 3.12. The number of rotatable bonds is 3. The Morgan fingerprint density at radius 3 is 2.46 bits per heavy atom. The number of anilines is 1. The Morgan fingerprint density at radius 2 is 1.77 bits per heavy atom. The van der Waals surface area contributed by atoms with Crippen LogP contribution in [-0.4, -0.2) is 36.1 Å². The van der Waals surface area contributed by atoms with Gasteiger partial charge in [0.05, 0.1) is 13.7 Å². The van der Waals surface area contributed by atoms with Crippen molar-refractivity contribution in [2.75, 3.05) is 25.1 Å². The summed E-state index contributed by atoms with van der Waals surface area (Å²) in [5.41, 5.74) is 0.871. The van der Waals surface area contributed by atoms with Crippen molar-refractivity contribution in [3.05, 3.63) is 48.5 Å². The van der Waals surface area contributed by atoms with Crippen LogP contribution in [0.25, 0.3) is 11.4 Å². The molecule has 5 rings (SSSR count). The van der Waals surface area contributed by atoms with Gasteiger partial charge < -0.3 is 23.6 Å². The Morgan fingerprint density at radius 1 is 1.04 bits per heavy atom. The Hall–Kier alpha value is -3.22. The Bertz CT molecular complexity index is 913. The quantitative estimate of drug-likeness (QED) is 0.718. The molecule has 3 aromatic rings. The van der Waals surface area contributed by atoms with Gasteiger partial charge in [-0.1, -0.05) is 17.3 Å². The third kappa shape index (κ3) is 2.44. The highest BCUT2D eigenvalue weighted by atomic mass is 16.7. The summed E-state index contributed by atoms with van der Waals surface area (Å²) in [6.07, 6.45) is 0.724. The summed E-state index contributed by atoms with van der Waals surface area (Å²) in [6, 6.07) is 15.7. The van der Waals surface area contributed by atoms with E-state index in [0.29, 0.717) is 18.4 Å². The first kappa shape index (κ1) is 15.1. The zero-order valence-electron chi connectivity index (χ0n) is 14.2. The first-order valence-electron chi connectivity index (χ1n) is 8.45. The number of ether oxygens (including phenoxy) is 3. The smallest absolute Gasteiger partial charge is 0.324 e. The van der Waals surface area contributed by atoms with Crippen LogP contribution in [0.4, 0.5) is 6.01 Å². The Labute approximate surface area is 150 Å². The van der Waals surface area contributed by atoms with E-state index in [1.165, 1.54) is 0 Å². The van der Waals surface area contributed by atoms with Gasteiger partial charge in [0, 0.05) is 18.5 Å². The van der Waals surface area contributed by atoms with Crippen molar-refractivity contribution in [3.63, 3.8) is 0 Å². The minimum Gasteiger partial charge on any atom is -0.497 e. The molecule has 7 heteroatoms. The number of para-hydroxylation sites is 2. The second kappa shape index (κ2) is 5.66. The van der Waals surface area contributed by atoms with E-state index >= 15 is 0 Å². The van der Waals surface area contributed by atoms with Gasteiger partial charge in [0.15, 0.2) is 11.5 Å². The van der Waals surface area contributed by atoms with Gasteiger partial charge in [0.25, 0.3) is 5.79 Å². The molecule has 1 aromatic heterocycles. The number of hydrogen-bond donors (Lipinski definition) is 0. The van der Waals surface area contributed by atoms with Gasteiger partial charge in [0.2, 0.25) is 5.82 Å². The zero-order valence-corrected chi connectivity index (χ0v) is 14.2. The third-order valence-electron chi connectivity index (χ3n) is 4.67. The molecule has 0 unspecified atom stereocenters. The summed E-state index contributed by atoms with van der Waals surface area (Å²) in [6.45, 7) is 1.25. The van der Waals surface area contributed by atoms with E-state index in [1.54, 1.807) is 7.11 Å². The molecule has 0 radical (unpaired) electrons. The number of benzene rings is 2. The van der Waals surface area contributed by atoms with Crippen LogP contribution >= 0.6 is 0 Å².